The Balaban J connectivity index is 1.26. The van der Waals surface area contributed by atoms with Gasteiger partial charge in [0.25, 0.3) is 0 Å². The normalized spacial score (nSPS) is 21.7. The lowest BCUT2D eigenvalue weighted by Gasteiger charge is -2.21. The molecule has 6 heteroatoms. The molecule has 1 atom stereocenters. The number of hydrogen-bond donors (Lipinski definition) is 1. The molecule has 1 saturated heterocycles. The smallest absolute Gasteiger partial charge is 0.227 e. The molecule has 1 aliphatic heterocycles. The molecule has 1 aromatic carbocycles. The number of carbonyl (C=O) groups excluding carboxylic acids is 1. The van der Waals surface area contributed by atoms with Crippen molar-refractivity contribution in [3.8, 4) is 11.4 Å². The van der Waals surface area contributed by atoms with Gasteiger partial charge in [-0.1, -0.05) is 48.3 Å². The first-order valence-corrected chi connectivity index (χ1v) is 9.04. The lowest BCUT2D eigenvalue weighted by molar-refractivity contribution is -0.121. The van der Waals surface area contributed by atoms with Crippen molar-refractivity contribution in [1.82, 2.24) is 15.5 Å². The van der Waals surface area contributed by atoms with Crippen molar-refractivity contribution in [2.45, 2.75) is 56.6 Å². The van der Waals surface area contributed by atoms with Crippen molar-refractivity contribution in [3.63, 3.8) is 0 Å². The first-order chi connectivity index (χ1) is 12.2. The molecule has 1 aromatic heterocycles. The van der Waals surface area contributed by atoms with Gasteiger partial charge in [0, 0.05) is 18.4 Å². The Bertz CT molecular complexity index is 723. The number of ether oxygens (including phenoxy) is 1. The van der Waals surface area contributed by atoms with E-state index in [-0.39, 0.29) is 17.6 Å². The fourth-order valence-corrected chi connectivity index (χ4v) is 3.89. The molecule has 2 aromatic rings. The summed E-state index contributed by atoms with van der Waals surface area (Å²) < 4.78 is 11.2. The number of rotatable bonds is 5. The van der Waals surface area contributed by atoms with Crippen LogP contribution in [0.15, 0.2) is 34.9 Å². The van der Waals surface area contributed by atoms with E-state index in [1.54, 1.807) is 0 Å². The highest BCUT2D eigenvalue weighted by Crippen LogP contribution is 2.40. The number of nitrogens with zero attached hydrogens (tertiary/aromatic N) is 2. The largest absolute Gasteiger partial charge is 0.373 e. The molecule has 1 N–H and O–H groups in total. The van der Waals surface area contributed by atoms with Gasteiger partial charge in [-0.25, -0.2) is 0 Å². The fourth-order valence-electron chi connectivity index (χ4n) is 3.89. The number of benzene rings is 1. The summed E-state index contributed by atoms with van der Waals surface area (Å²) in [4.78, 5) is 16.6. The number of nitrogens with one attached hydrogen (secondary N) is 1. The number of aryl methyl sites for hydroxylation is 1. The minimum Gasteiger partial charge on any atom is -0.373 e. The molecule has 1 saturated carbocycles. The minimum absolute atomic E-state index is 0.0168. The van der Waals surface area contributed by atoms with Gasteiger partial charge >= 0.3 is 0 Å². The highest BCUT2D eigenvalue weighted by atomic mass is 16.5. The van der Waals surface area contributed by atoms with Gasteiger partial charge in [-0.2, -0.15) is 4.98 Å². The number of aromatic nitrogens is 2. The van der Waals surface area contributed by atoms with E-state index in [9.17, 15) is 4.79 Å². The van der Waals surface area contributed by atoms with Gasteiger partial charge in [-0.3, -0.25) is 4.79 Å². The van der Waals surface area contributed by atoms with E-state index >= 15 is 0 Å². The van der Waals surface area contributed by atoms with Gasteiger partial charge < -0.3 is 14.6 Å². The Morgan fingerprint density at radius 1 is 1.24 bits per heavy atom. The summed E-state index contributed by atoms with van der Waals surface area (Å²) in [6.07, 6.45) is 6.47. The van der Waals surface area contributed by atoms with Crippen molar-refractivity contribution in [1.29, 1.82) is 0 Å². The Morgan fingerprint density at radius 3 is 2.84 bits per heavy atom. The quantitative estimate of drug-likeness (QED) is 0.905. The molecular weight excluding hydrogens is 318 g/mol. The van der Waals surface area contributed by atoms with Crippen LogP contribution in [0.2, 0.25) is 0 Å². The second kappa shape index (κ2) is 6.96. The molecule has 1 amide bonds. The van der Waals surface area contributed by atoms with E-state index in [1.807, 2.05) is 30.3 Å². The van der Waals surface area contributed by atoms with Crippen LogP contribution < -0.4 is 5.32 Å². The lowest BCUT2D eigenvalue weighted by atomic mass is 9.96. The molecule has 0 bridgehead atoms. The summed E-state index contributed by atoms with van der Waals surface area (Å²) in [5.74, 6) is 1.07. The summed E-state index contributed by atoms with van der Waals surface area (Å²) >= 11 is 0. The zero-order valence-corrected chi connectivity index (χ0v) is 14.2. The van der Waals surface area contributed by atoms with Crippen LogP contribution in [-0.4, -0.2) is 34.3 Å². The Hall–Kier alpha value is -2.21. The zero-order chi connectivity index (χ0) is 17.1. The number of carbonyl (C=O) groups is 1. The predicted octanol–water partition coefficient (Wildman–Crippen LogP) is 2.89. The van der Waals surface area contributed by atoms with Crippen LogP contribution in [0.1, 0.15) is 44.4 Å². The number of hydrogen-bond acceptors (Lipinski definition) is 5. The standard InChI is InChI=1S/C19H23N3O3/c23-16(20-15-12-19(24-13-15)10-4-5-11-19)8-9-17-21-18(22-25-17)14-6-2-1-3-7-14/h1-3,6-7,15H,4-5,8-13H2,(H,20,23)/t15-/m1/s1. The van der Waals surface area contributed by atoms with Crippen LogP contribution in [0, 0.1) is 0 Å². The highest BCUT2D eigenvalue weighted by molar-refractivity contribution is 5.76. The Morgan fingerprint density at radius 2 is 2.04 bits per heavy atom. The van der Waals surface area contributed by atoms with Crippen LogP contribution in [-0.2, 0) is 16.0 Å². The molecule has 0 radical (unpaired) electrons. The van der Waals surface area contributed by atoms with Crippen molar-refractivity contribution >= 4 is 5.91 Å². The highest BCUT2D eigenvalue weighted by Gasteiger charge is 2.42. The molecule has 2 heterocycles. The van der Waals surface area contributed by atoms with Crippen molar-refractivity contribution < 1.29 is 14.1 Å². The van der Waals surface area contributed by atoms with E-state index in [4.69, 9.17) is 9.26 Å². The summed E-state index contributed by atoms with van der Waals surface area (Å²) in [7, 11) is 0. The topological polar surface area (TPSA) is 77.2 Å². The van der Waals surface area contributed by atoms with Gasteiger partial charge in [-0.15, -0.1) is 0 Å². The summed E-state index contributed by atoms with van der Waals surface area (Å²) in [6.45, 7) is 0.629. The maximum absolute atomic E-state index is 12.2. The van der Waals surface area contributed by atoms with E-state index < -0.39 is 0 Å². The first-order valence-electron chi connectivity index (χ1n) is 9.04. The average Bonchev–Trinajstić information content (AvgIpc) is 3.37. The zero-order valence-electron chi connectivity index (χ0n) is 14.2. The van der Waals surface area contributed by atoms with Crippen LogP contribution in [0.4, 0.5) is 0 Å². The molecule has 1 spiro atoms. The second-order valence-electron chi connectivity index (χ2n) is 7.05. The molecule has 0 unspecified atom stereocenters. The average molecular weight is 341 g/mol. The third-order valence-electron chi connectivity index (χ3n) is 5.16. The maximum Gasteiger partial charge on any atom is 0.227 e. The monoisotopic (exact) mass is 341 g/mol. The third kappa shape index (κ3) is 3.74. The first kappa shape index (κ1) is 16.3. The van der Waals surface area contributed by atoms with Crippen LogP contribution in [0.25, 0.3) is 11.4 Å². The van der Waals surface area contributed by atoms with Crippen LogP contribution in [0.5, 0.6) is 0 Å². The minimum atomic E-state index is 0.0168. The van der Waals surface area contributed by atoms with Crippen molar-refractivity contribution in [3.05, 3.63) is 36.2 Å². The molecular formula is C19H23N3O3. The lowest BCUT2D eigenvalue weighted by Crippen LogP contribution is -2.36. The van der Waals surface area contributed by atoms with Crippen molar-refractivity contribution in [2.24, 2.45) is 0 Å². The van der Waals surface area contributed by atoms with Gasteiger partial charge in [0.2, 0.25) is 17.6 Å². The summed E-state index contributed by atoms with van der Waals surface area (Å²) in [5.41, 5.74) is 0.946. The molecule has 2 fully saturated rings. The molecule has 4 rings (SSSR count). The van der Waals surface area contributed by atoms with Gasteiger partial charge in [-0.05, 0) is 19.3 Å². The Labute approximate surface area is 147 Å². The van der Waals surface area contributed by atoms with Crippen LogP contribution >= 0.6 is 0 Å². The third-order valence-corrected chi connectivity index (χ3v) is 5.16. The van der Waals surface area contributed by atoms with Crippen molar-refractivity contribution in [2.75, 3.05) is 6.61 Å². The van der Waals surface area contributed by atoms with E-state index in [0.29, 0.717) is 31.2 Å². The molecule has 6 nitrogen and oxygen atoms in total. The maximum atomic E-state index is 12.2. The van der Waals surface area contributed by atoms with Gasteiger partial charge in [0.15, 0.2) is 0 Å². The fraction of sp³-hybridized carbons (Fsp3) is 0.526. The molecule has 1 aliphatic carbocycles. The second-order valence-corrected chi connectivity index (χ2v) is 7.05. The van der Waals surface area contributed by atoms with E-state index in [1.165, 1.54) is 12.8 Å². The molecule has 132 valence electrons. The SMILES string of the molecule is O=C(CCc1nc(-c2ccccc2)no1)N[C@H]1COC2(CCCC2)C1. The summed E-state index contributed by atoms with van der Waals surface area (Å²) in [6, 6.07) is 9.80. The van der Waals surface area contributed by atoms with E-state index in [0.717, 1.165) is 24.8 Å². The molecule has 25 heavy (non-hydrogen) atoms. The van der Waals surface area contributed by atoms with Gasteiger partial charge in [0.05, 0.1) is 18.2 Å². The Kier molecular flexibility index (Phi) is 4.53. The summed E-state index contributed by atoms with van der Waals surface area (Å²) in [5, 5.41) is 7.06. The predicted molar refractivity (Wildman–Crippen MR) is 91.8 cm³/mol. The molecule has 2 aliphatic rings. The van der Waals surface area contributed by atoms with E-state index in [2.05, 4.69) is 15.5 Å². The van der Waals surface area contributed by atoms with Crippen LogP contribution in [0.3, 0.4) is 0 Å². The van der Waals surface area contributed by atoms with Gasteiger partial charge in [0.1, 0.15) is 0 Å². The number of amides is 1.